The van der Waals surface area contributed by atoms with Gasteiger partial charge in [-0.2, -0.15) is 0 Å². The number of fused-ring (bicyclic) bond motifs is 1. The van der Waals surface area contributed by atoms with Gasteiger partial charge in [-0.05, 0) is 36.6 Å². The average Bonchev–Trinajstić information content (AvgIpc) is 2.84. The van der Waals surface area contributed by atoms with Crippen LogP contribution in [-0.2, 0) is 4.79 Å². The minimum absolute atomic E-state index is 0.156. The summed E-state index contributed by atoms with van der Waals surface area (Å²) in [6.07, 6.45) is 10.2. The van der Waals surface area contributed by atoms with Crippen molar-refractivity contribution in [3.05, 3.63) is 35.4 Å². The molecule has 0 radical (unpaired) electrons. The first kappa shape index (κ1) is 19.6. The highest BCUT2D eigenvalue weighted by Gasteiger charge is 2.34. The van der Waals surface area contributed by atoms with Crippen LogP contribution in [0.2, 0.25) is 0 Å². The lowest BCUT2D eigenvalue weighted by Crippen LogP contribution is -2.30. The second-order valence-corrected chi connectivity index (χ2v) is 7.02. The number of halogens is 1. The van der Waals surface area contributed by atoms with E-state index >= 15 is 0 Å². The Bertz CT molecular complexity index is 580. The zero-order chi connectivity index (χ0) is 18.1. The van der Waals surface area contributed by atoms with Crippen LogP contribution in [0.4, 0.5) is 0 Å². The van der Waals surface area contributed by atoms with Crippen molar-refractivity contribution in [2.75, 3.05) is 6.54 Å². The quantitative estimate of drug-likeness (QED) is 0.300. The lowest BCUT2D eigenvalue weighted by atomic mass is 10.1. The van der Waals surface area contributed by atoms with Crippen LogP contribution in [0, 0.1) is 0 Å². The molecular weight excluding hydrogens is 338 g/mol. The van der Waals surface area contributed by atoms with Gasteiger partial charge in [0.05, 0.1) is 11.1 Å². The SMILES string of the molecule is O=C(Cl)CCCCCCCCCCCN1C(=O)c2ccccc2C1=O. The molecule has 2 amide bonds. The number of hydrogen-bond donors (Lipinski definition) is 0. The number of imide groups is 1. The van der Waals surface area contributed by atoms with Crippen molar-refractivity contribution in [2.45, 2.75) is 64.2 Å². The highest BCUT2D eigenvalue weighted by atomic mass is 35.5. The zero-order valence-corrected chi connectivity index (χ0v) is 15.4. The largest absolute Gasteiger partial charge is 0.281 e. The molecule has 1 aromatic carbocycles. The van der Waals surface area contributed by atoms with E-state index in [0.717, 1.165) is 38.5 Å². The molecule has 1 aliphatic heterocycles. The summed E-state index contributed by atoms with van der Waals surface area (Å²) in [6.45, 7) is 0.513. The van der Waals surface area contributed by atoms with Gasteiger partial charge < -0.3 is 0 Å². The lowest BCUT2D eigenvalue weighted by molar-refractivity contribution is -0.111. The molecule has 1 aromatic rings. The molecule has 0 unspecified atom stereocenters. The third-order valence-corrected chi connectivity index (χ3v) is 4.82. The maximum atomic E-state index is 12.2. The Balaban J connectivity index is 1.51. The first-order valence-corrected chi connectivity index (χ1v) is 9.62. The van der Waals surface area contributed by atoms with Gasteiger partial charge in [0.15, 0.2) is 0 Å². The van der Waals surface area contributed by atoms with Crippen LogP contribution >= 0.6 is 11.6 Å². The number of benzene rings is 1. The van der Waals surface area contributed by atoms with Crippen LogP contribution in [-0.4, -0.2) is 28.5 Å². The molecule has 0 fully saturated rings. The van der Waals surface area contributed by atoms with Gasteiger partial charge in [-0.15, -0.1) is 0 Å². The van der Waals surface area contributed by atoms with Crippen LogP contribution in [0.15, 0.2) is 24.3 Å². The van der Waals surface area contributed by atoms with Crippen molar-refractivity contribution < 1.29 is 14.4 Å². The predicted molar refractivity (Wildman–Crippen MR) is 98.8 cm³/mol. The normalized spacial score (nSPS) is 13.4. The van der Waals surface area contributed by atoms with Crippen LogP contribution in [0.1, 0.15) is 84.9 Å². The van der Waals surface area contributed by atoms with E-state index < -0.39 is 0 Å². The van der Waals surface area contributed by atoms with Gasteiger partial charge in [0.25, 0.3) is 11.8 Å². The Morgan fingerprint density at radius 3 is 1.68 bits per heavy atom. The summed E-state index contributed by atoms with van der Waals surface area (Å²) in [4.78, 5) is 36.4. The molecule has 0 saturated heterocycles. The number of carbonyl (C=O) groups excluding carboxylic acids is 3. The second-order valence-electron chi connectivity index (χ2n) is 6.59. The minimum atomic E-state index is -0.238. The Hall–Kier alpha value is -1.68. The van der Waals surface area contributed by atoms with Crippen molar-refractivity contribution in [2.24, 2.45) is 0 Å². The summed E-state index contributed by atoms with van der Waals surface area (Å²) >= 11 is 5.30. The molecule has 25 heavy (non-hydrogen) atoms. The molecule has 2 rings (SSSR count). The Labute approximate surface area is 154 Å². The van der Waals surface area contributed by atoms with Crippen molar-refractivity contribution >= 4 is 28.7 Å². The molecule has 0 saturated carbocycles. The van der Waals surface area contributed by atoms with E-state index in [-0.39, 0.29) is 17.1 Å². The van der Waals surface area contributed by atoms with Crippen LogP contribution in [0.3, 0.4) is 0 Å². The maximum Gasteiger partial charge on any atom is 0.261 e. The van der Waals surface area contributed by atoms with E-state index in [9.17, 15) is 14.4 Å². The summed E-state index contributed by atoms with van der Waals surface area (Å²) in [7, 11) is 0. The fraction of sp³-hybridized carbons (Fsp3) is 0.550. The Morgan fingerprint density at radius 2 is 1.20 bits per heavy atom. The van der Waals surface area contributed by atoms with Gasteiger partial charge in [0.1, 0.15) is 0 Å². The van der Waals surface area contributed by atoms with Gasteiger partial charge >= 0.3 is 0 Å². The topological polar surface area (TPSA) is 54.5 Å². The van der Waals surface area contributed by atoms with Crippen LogP contribution < -0.4 is 0 Å². The molecule has 1 heterocycles. The van der Waals surface area contributed by atoms with Gasteiger partial charge in [0.2, 0.25) is 5.24 Å². The van der Waals surface area contributed by atoms with Gasteiger partial charge in [-0.3, -0.25) is 19.3 Å². The molecule has 0 N–H and O–H groups in total. The molecule has 4 nitrogen and oxygen atoms in total. The number of carbonyl (C=O) groups is 3. The third-order valence-electron chi connectivity index (χ3n) is 4.63. The highest BCUT2D eigenvalue weighted by Crippen LogP contribution is 2.23. The number of hydrogen-bond acceptors (Lipinski definition) is 3. The number of amides is 2. The van der Waals surface area contributed by atoms with Crippen molar-refractivity contribution in [3.63, 3.8) is 0 Å². The minimum Gasteiger partial charge on any atom is -0.281 e. The molecule has 0 aromatic heterocycles. The standard InChI is InChI=1S/C20H26ClNO3/c21-18(23)14-8-6-4-2-1-3-5-7-11-15-22-19(24)16-12-9-10-13-17(16)20(22)25/h9-10,12-13H,1-8,11,14-15H2. The number of unbranched alkanes of at least 4 members (excludes halogenated alkanes) is 8. The van der Waals surface area contributed by atoms with Crippen LogP contribution in [0.5, 0.6) is 0 Å². The van der Waals surface area contributed by atoms with E-state index in [0.29, 0.717) is 24.1 Å². The predicted octanol–water partition coefficient (Wildman–Crippen LogP) is 4.95. The van der Waals surface area contributed by atoms with Gasteiger partial charge in [-0.1, -0.05) is 57.1 Å². The molecule has 0 aliphatic carbocycles. The Morgan fingerprint density at radius 1 is 0.760 bits per heavy atom. The molecular formula is C20H26ClNO3. The Kier molecular flexibility index (Phi) is 8.13. The van der Waals surface area contributed by atoms with Gasteiger partial charge in [-0.25, -0.2) is 0 Å². The maximum absolute atomic E-state index is 12.2. The smallest absolute Gasteiger partial charge is 0.261 e. The fourth-order valence-electron chi connectivity index (χ4n) is 3.21. The average molecular weight is 364 g/mol. The molecule has 5 heteroatoms. The third kappa shape index (κ3) is 5.96. The second kappa shape index (κ2) is 10.3. The summed E-state index contributed by atoms with van der Waals surface area (Å²) in [5.74, 6) is -0.313. The van der Waals surface area contributed by atoms with Crippen molar-refractivity contribution in [3.8, 4) is 0 Å². The lowest BCUT2D eigenvalue weighted by Gasteiger charge is -2.13. The van der Waals surface area contributed by atoms with E-state index in [1.165, 1.54) is 24.2 Å². The highest BCUT2D eigenvalue weighted by molar-refractivity contribution is 6.63. The molecule has 0 atom stereocenters. The van der Waals surface area contributed by atoms with Crippen molar-refractivity contribution in [1.82, 2.24) is 4.90 Å². The monoisotopic (exact) mass is 363 g/mol. The van der Waals surface area contributed by atoms with E-state index in [2.05, 4.69) is 0 Å². The van der Waals surface area contributed by atoms with Gasteiger partial charge in [0, 0.05) is 13.0 Å². The van der Waals surface area contributed by atoms with E-state index in [1.54, 1.807) is 24.3 Å². The summed E-state index contributed by atoms with van der Waals surface area (Å²) < 4.78 is 0. The summed E-state index contributed by atoms with van der Waals surface area (Å²) in [5.41, 5.74) is 1.06. The zero-order valence-electron chi connectivity index (χ0n) is 14.6. The first-order valence-electron chi connectivity index (χ1n) is 9.25. The molecule has 1 aliphatic rings. The molecule has 0 bridgehead atoms. The number of rotatable bonds is 12. The molecule has 0 spiro atoms. The summed E-state index contributed by atoms with van der Waals surface area (Å²) in [6, 6.07) is 7.03. The van der Waals surface area contributed by atoms with Crippen LogP contribution in [0.25, 0.3) is 0 Å². The van der Waals surface area contributed by atoms with Crippen molar-refractivity contribution in [1.29, 1.82) is 0 Å². The fourth-order valence-corrected chi connectivity index (χ4v) is 3.35. The van der Waals surface area contributed by atoms with E-state index in [4.69, 9.17) is 11.6 Å². The summed E-state index contributed by atoms with van der Waals surface area (Å²) in [5, 5.41) is -0.238. The molecule has 136 valence electrons. The number of nitrogens with zero attached hydrogens (tertiary/aromatic N) is 1. The van der Waals surface area contributed by atoms with E-state index in [1.807, 2.05) is 0 Å². The first-order chi connectivity index (χ1) is 12.1.